The first kappa shape index (κ1) is 28.0. The zero-order valence-corrected chi connectivity index (χ0v) is 24.0. The van der Waals surface area contributed by atoms with Gasteiger partial charge >= 0.3 is 5.97 Å². The minimum atomic E-state index is -0.979. The minimum Gasteiger partial charge on any atom is -0.490 e. The fraction of sp³-hybridized carbons (Fsp3) is 0.267. The van der Waals surface area contributed by atoms with Gasteiger partial charge in [-0.1, -0.05) is 28.4 Å². The van der Waals surface area contributed by atoms with Crippen molar-refractivity contribution < 1.29 is 23.9 Å². The topological polar surface area (TPSA) is 116 Å². The van der Waals surface area contributed by atoms with Gasteiger partial charge in [0.15, 0.2) is 5.76 Å². The highest BCUT2D eigenvalue weighted by molar-refractivity contribution is 6.35. The number of hydrogen-bond donors (Lipinski definition) is 1. The summed E-state index contributed by atoms with van der Waals surface area (Å²) in [7, 11) is 0. The summed E-state index contributed by atoms with van der Waals surface area (Å²) in [6.07, 6.45) is 5.06. The van der Waals surface area contributed by atoms with E-state index in [1.54, 1.807) is 54.9 Å². The van der Waals surface area contributed by atoms with Gasteiger partial charge in [0.05, 0.1) is 46.6 Å². The van der Waals surface area contributed by atoms with Gasteiger partial charge in [0.25, 0.3) is 0 Å². The van der Waals surface area contributed by atoms with Gasteiger partial charge in [0.2, 0.25) is 0 Å². The van der Waals surface area contributed by atoms with Gasteiger partial charge in [0.1, 0.15) is 30.0 Å². The lowest BCUT2D eigenvalue weighted by Crippen LogP contribution is -2.38. The van der Waals surface area contributed by atoms with Gasteiger partial charge in [-0.2, -0.15) is 0 Å². The Labute approximate surface area is 251 Å². The SMILES string of the molecule is O=C(O)c1ccc2nc(CN3CCC(Oc4ccnc(COc5ccc(Cl)cc5Cl)c4)CC3)n(Cc3ccno3)c2c1. The summed E-state index contributed by atoms with van der Waals surface area (Å²) in [4.78, 5) is 23.1. The van der Waals surface area contributed by atoms with Crippen LogP contribution < -0.4 is 9.47 Å². The number of likely N-dealkylation sites (tertiary alicyclic amines) is 1. The summed E-state index contributed by atoms with van der Waals surface area (Å²) in [5.74, 6) is 1.81. The van der Waals surface area contributed by atoms with Crippen LogP contribution in [0, 0.1) is 0 Å². The van der Waals surface area contributed by atoms with E-state index in [1.807, 2.05) is 16.7 Å². The number of rotatable bonds is 10. The number of benzene rings is 2. The number of carboxylic acids is 1. The van der Waals surface area contributed by atoms with Crippen LogP contribution in [0.5, 0.6) is 11.5 Å². The fourth-order valence-electron chi connectivity index (χ4n) is 5.01. The Bertz CT molecular complexity index is 1700. The van der Waals surface area contributed by atoms with Crippen LogP contribution >= 0.6 is 23.2 Å². The number of halogens is 2. The fourth-order valence-corrected chi connectivity index (χ4v) is 5.48. The van der Waals surface area contributed by atoms with Crippen LogP contribution in [0.25, 0.3) is 11.0 Å². The molecule has 0 atom stereocenters. The Morgan fingerprint density at radius 1 is 1.02 bits per heavy atom. The molecule has 0 spiro atoms. The van der Waals surface area contributed by atoms with Crippen molar-refractivity contribution in [3.05, 3.63) is 99.9 Å². The van der Waals surface area contributed by atoms with Crippen molar-refractivity contribution in [2.45, 2.75) is 38.6 Å². The van der Waals surface area contributed by atoms with Crippen molar-refractivity contribution in [3.8, 4) is 11.5 Å². The molecule has 1 fully saturated rings. The molecule has 5 aromatic rings. The van der Waals surface area contributed by atoms with Crippen LogP contribution in [-0.4, -0.2) is 54.9 Å². The number of aromatic nitrogens is 4. The normalized spacial score (nSPS) is 14.3. The summed E-state index contributed by atoms with van der Waals surface area (Å²) in [5.41, 5.74) is 2.43. The number of hydrogen-bond acceptors (Lipinski definition) is 8. The molecular weight excluding hydrogens is 581 g/mol. The second kappa shape index (κ2) is 12.4. The quantitative estimate of drug-likeness (QED) is 0.201. The third-order valence-corrected chi connectivity index (χ3v) is 7.67. The van der Waals surface area contributed by atoms with Crippen molar-refractivity contribution in [3.63, 3.8) is 0 Å². The Balaban J connectivity index is 1.08. The van der Waals surface area contributed by atoms with E-state index in [0.717, 1.165) is 54.2 Å². The van der Waals surface area contributed by atoms with E-state index in [1.165, 1.54) is 0 Å². The van der Waals surface area contributed by atoms with Crippen molar-refractivity contribution >= 4 is 40.2 Å². The first-order chi connectivity index (χ1) is 20.4. The number of aromatic carboxylic acids is 1. The molecule has 4 heterocycles. The van der Waals surface area contributed by atoms with Crippen molar-refractivity contribution in [2.24, 2.45) is 0 Å². The monoisotopic (exact) mass is 607 g/mol. The smallest absolute Gasteiger partial charge is 0.335 e. The van der Waals surface area contributed by atoms with Gasteiger partial charge in [-0.3, -0.25) is 9.88 Å². The predicted octanol–water partition coefficient (Wildman–Crippen LogP) is 6.10. The van der Waals surface area contributed by atoms with Gasteiger partial charge in [-0.15, -0.1) is 0 Å². The third kappa shape index (κ3) is 6.51. The zero-order chi connectivity index (χ0) is 29.1. The zero-order valence-electron chi connectivity index (χ0n) is 22.5. The van der Waals surface area contributed by atoms with E-state index in [0.29, 0.717) is 34.6 Å². The highest BCUT2D eigenvalue weighted by Crippen LogP contribution is 2.29. The van der Waals surface area contributed by atoms with Crippen molar-refractivity contribution in [2.75, 3.05) is 13.1 Å². The van der Waals surface area contributed by atoms with Crippen LogP contribution in [0.3, 0.4) is 0 Å². The van der Waals surface area contributed by atoms with Crippen LogP contribution in [-0.2, 0) is 19.7 Å². The van der Waals surface area contributed by atoms with E-state index >= 15 is 0 Å². The first-order valence-corrected chi connectivity index (χ1v) is 14.2. The van der Waals surface area contributed by atoms with Gasteiger partial charge in [0, 0.05) is 36.4 Å². The number of carbonyl (C=O) groups is 1. The van der Waals surface area contributed by atoms with Crippen LogP contribution in [0.4, 0.5) is 0 Å². The van der Waals surface area contributed by atoms with E-state index in [4.69, 9.17) is 42.2 Å². The Morgan fingerprint density at radius 3 is 2.64 bits per heavy atom. The van der Waals surface area contributed by atoms with Crippen LogP contribution in [0.15, 0.2) is 71.5 Å². The molecule has 6 rings (SSSR count). The van der Waals surface area contributed by atoms with Gasteiger partial charge in [-0.05, 0) is 55.3 Å². The molecule has 216 valence electrons. The molecule has 1 saturated heterocycles. The standard InChI is InChI=1S/C30H27Cl2N5O5/c31-20-2-4-28(25(32)14-20)40-18-21-15-23(5-9-33-21)41-22-7-11-36(12-8-22)17-29-35-26-3-1-19(30(38)39)13-27(26)37(29)16-24-6-10-34-42-24/h1-6,9-10,13-15,22H,7-8,11-12,16-18H2,(H,38,39). The highest BCUT2D eigenvalue weighted by Gasteiger charge is 2.23. The molecule has 1 N–H and O–H groups in total. The summed E-state index contributed by atoms with van der Waals surface area (Å²) in [6, 6.07) is 15.6. The van der Waals surface area contributed by atoms with Crippen molar-refractivity contribution in [1.29, 1.82) is 0 Å². The largest absolute Gasteiger partial charge is 0.490 e. The Kier molecular flexibility index (Phi) is 8.27. The minimum absolute atomic E-state index is 0.0641. The molecule has 0 radical (unpaired) electrons. The van der Waals surface area contributed by atoms with E-state index in [2.05, 4.69) is 15.0 Å². The maximum atomic E-state index is 11.6. The Hall–Kier alpha value is -4.12. The molecule has 42 heavy (non-hydrogen) atoms. The number of pyridine rings is 1. The number of ether oxygens (including phenoxy) is 2. The average molecular weight is 608 g/mol. The second-order valence-corrected chi connectivity index (χ2v) is 10.9. The molecule has 12 heteroatoms. The van der Waals surface area contributed by atoms with Gasteiger partial charge in [-0.25, -0.2) is 9.78 Å². The second-order valence-electron chi connectivity index (χ2n) is 10.0. The molecule has 1 aliphatic heterocycles. The molecule has 10 nitrogen and oxygen atoms in total. The van der Waals surface area contributed by atoms with Gasteiger partial charge < -0.3 is 23.7 Å². The summed E-state index contributed by atoms with van der Waals surface area (Å²) >= 11 is 12.2. The van der Waals surface area contributed by atoms with Crippen LogP contribution in [0.2, 0.25) is 10.0 Å². The van der Waals surface area contributed by atoms with E-state index in [9.17, 15) is 9.90 Å². The number of nitrogens with zero attached hydrogens (tertiary/aromatic N) is 5. The first-order valence-electron chi connectivity index (χ1n) is 13.4. The van der Waals surface area contributed by atoms with E-state index < -0.39 is 5.97 Å². The maximum absolute atomic E-state index is 11.6. The van der Waals surface area contributed by atoms with Crippen LogP contribution in [0.1, 0.15) is 40.5 Å². The molecule has 2 aromatic carbocycles. The number of fused-ring (bicyclic) bond motifs is 1. The molecule has 1 aliphatic rings. The molecular formula is C30H27Cl2N5O5. The lowest BCUT2D eigenvalue weighted by Gasteiger charge is -2.32. The van der Waals surface area contributed by atoms with Crippen molar-refractivity contribution in [1.82, 2.24) is 24.6 Å². The summed E-state index contributed by atoms with van der Waals surface area (Å²) in [6.45, 7) is 2.92. The number of piperidine rings is 1. The highest BCUT2D eigenvalue weighted by atomic mass is 35.5. The molecule has 3 aromatic heterocycles. The molecule has 0 saturated carbocycles. The third-order valence-electron chi connectivity index (χ3n) is 7.14. The predicted molar refractivity (Wildman–Crippen MR) is 156 cm³/mol. The molecule has 0 amide bonds. The Morgan fingerprint density at radius 2 is 1.88 bits per heavy atom. The van der Waals surface area contributed by atoms with E-state index in [-0.39, 0.29) is 18.3 Å². The lowest BCUT2D eigenvalue weighted by atomic mass is 10.1. The maximum Gasteiger partial charge on any atom is 0.335 e. The number of imidazole rings is 1. The lowest BCUT2D eigenvalue weighted by molar-refractivity contribution is 0.0697. The number of carboxylic acid groups (broad SMARTS) is 1. The average Bonchev–Trinajstić information content (AvgIpc) is 3.62. The molecule has 0 bridgehead atoms. The summed E-state index contributed by atoms with van der Waals surface area (Å²) < 4.78 is 19.5. The molecule has 0 aliphatic carbocycles. The summed E-state index contributed by atoms with van der Waals surface area (Å²) in [5, 5.41) is 14.3. The molecule has 0 unspecified atom stereocenters.